The predicted molar refractivity (Wildman–Crippen MR) is 87.0 cm³/mol. The van der Waals surface area contributed by atoms with E-state index in [1.807, 2.05) is 6.92 Å². The van der Waals surface area contributed by atoms with Crippen LogP contribution in [0.3, 0.4) is 0 Å². The maximum atomic E-state index is 5.99. The number of hydrogen-bond donors (Lipinski definition) is 1. The Bertz CT molecular complexity index is 572. The van der Waals surface area contributed by atoms with Gasteiger partial charge in [0.25, 0.3) is 0 Å². The molecule has 0 amide bonds. The second kappa shape index (κ2) is 6.55. The van der Waals surface area contributed by atoms with E-state index in [1.165, 1.54) is 16.8 Å². The molecule has 1 aromatic heterocycles. The van der Waals surface area contributed by atoms with Crippen molar-refractivity contribution in [2.75, 3.05) is 6.54 Å². The minimum atomic E-state index is 0.327. The molecule has 0 aliphatic carbocycles. The molecule has 2 N–H and O–H groups in total. The number of halogens is 1. The summed E-state index contributed by atoms with van der Waals surface area (Å²) >= 11 is 3.66. The third-order valence-electron chi connectivity index (χ3n) is 3.73. The fourth-order valence-corrected chi connectivity index (χ4v) is 2.92. The molecule has 0 radical (unpaired) electrons. The van der Waals surface area contributed by atoms with Crippen molar-refractivity contribution in [1.29, 1.82) is 0 Å². The van der Waals surface area contributed by atoms with Crippen LogP contribution < -0.4 is 5.73 Å². The van der Waals surface area contributed by atoms with Crippen LogP contribution in [0.15, 0.2) is 28.7 Å². The molecule has 2 rings (SSSR count). The van der Waals surface area contributed by atoms with Gasteiger partial charge in [0, 0.05) is 12.5 Å². The van der Waals surface area contributed by atoms with Crippen LogP contribution in [0.4, 0.5) is 0 Å². The molecule has 0 fully saturated rings. The van der Waals surface area contributed by atoms with Gasteiger partial charge in [0.05, 0.1) is 15.9 Å². The van der Waals surface area contributed by atoms with Crippen molar-refractivity contribution in [3.8, 4) is 0 Å². The minimum absolute atomic E-state index is 0.327. The van der Waals surface area contributed by atoms with E-state index in [9.17, 15) is 0 Å². The van der Waals surface area contributed by atoms with Crippen molar-refractivity contribution < 1.29 is 0 Å². The highest BCUT2D eigenvalue weighted by Gasteiger charge is 2.18. The van der Waals surface area contributed by atoms with Gasteiger partial charge in [-0.25, -0.2) is 0 Å². The summed E-state index contributed by atoms with van der Waals surface area (Å²) < 4.78 is 3.18. The number of hydrogen-bond acceptors (Lipinski definition) is 2. The molecule has 1 aromatic carbocycles. The normalized spacial score (nSPS) is 12.7. The van der Waals surface area contributed by atoms with E-state index in [0.717, 1.165) is 23.1 Å². The molecule has 0 aliphatic rings. The third-order valence-corrected chi connectivity index (χ3v) is 4.76. The topological polar surface area (TPSA) is 43.8 Å². The molecule has 4 heteroatoms. The molecule has 0 saturated heterocycles. The first-order valence-electron chi connectivity index (χ1n) is 7.05. The van der Waals surface area contributed by atoms with Crippen molar-refractivity contribution in [3.05, 3.63) is 51.3 Å². The van der Waals surface area contributed by atoms with E-state index in [0.29, 0.717) is 12.5 Å². The van der Waals surface area contributed by atoms with Crippen molar-refractivity contribution in [1.82, 2.24) is 9.78 Å². The summed E-state index contributed by atoms with van der Waals surface area (Å²) in [5, 5.41) is 4.55. The molecule has 0 saturated carbocycles. The molecule has 3 nitrogen and oxygen atoms in total. The average Bonchev–Trinajstić information content (AvgIpc) is 2.73. The van der Waals surface area contributed by atoms with E-state index in [4.69, 9.17) is 5.73 Å². The molecule has 0 spiro atoms. The van der Waals surface area contributed by atoms with Crippen LogP contribution in [0.25, 0.3) is 0 Å². The molecule has 2 aromatic rings. The highest BCUT2D eigenvalue weighted by molar-refractivity contribution is 9.10. The summed E-state index contributed by atoms with van der Waals surface area (Å²) in [4.78, 5) is 0. The van der Waals surface area contributed by atoms with Gasteiger partial charge >= 0.3 is 0 Å². The highest BCUT2D eigenvalue weighted by atomic mass is 79.9. The minimum Gasteiger partial charge on any atom is -0.330 e. The number of rotatable bonds is 5. The van der Waals surface area contributed by atoms with Gasteiger partial charge in [0.1, 0.15) is 0 Å². The quantitative estimate of drug-likeness (QED) is 0.907. The summed E-state index contributed by atoms with van der Waals surface area (Å²) in [6.07, 6.45) is 0.912. The smallest absolute Gasteiger partial charge is 0.0738 e. The first-order valence-corrected chi connectivity index (χ1v) is 7.84. The van der Waals surface area contributed by atoms with E-state index >= 15 is 0 Å². The lowest BCUT2D eigenvalue weighted by Crippen LogP contribution is -2.17. The van der Waals surface area contributed by atoms with E-state index in [-0.39, 0.29) is 0 Å². The zero-order valence-electron chi connectivity index (χ0n) is 12.4. The molecule has 108 valence electrons. The largest absolute Gasteiger partial charge is 0.330 e. The Hall–Kier alpha value is -1.13. The molecule has 20 heavy (non-hydrogen) atoms. The number of aromatic nitrogens is 2. The van der Waals surface area contributed by atoms with Crippen LogP contribution in [0.1, 0.15) is 35.4 Å². The molecular weight excluding hydrogens is 314 g/mol. The zero-order valence-corrected chi connectivity index (χ0v) is 13.9. The van der Waals surface area contributed by atoms with Gasteiger partial charge in [0.15, 0.2) is 0 Å². The first kappa shape index (κ1) is 15.3. The molecule has 1 heterocycles. The average molecular weight is 336 g/mol. The van der Waals surface area contributed by atoms with Crippen LogP contribution in [0.5, 0.6) is 0 Å². The van der Waals surface area contributed by atoms with Crippen molar-refractivity contribution in [3.63, 3.8) is 0 Å². The van der Waals surface area contributed by atoms with Crippen LogP contribution in [-0.4, -0.2) is 16.3 Å². The lowest BCUT2D eigenvalue weighted by molar-refractivity contribution is 0.582. The molecular formula is C16H22BrN3. The summed E-state index contributed by atoms with van der Waals surface area (Å²) in [5.41, 5.74) is 10.8. The Labute approximate surface area is 129 Å². The summed E-state index contributed by atoms with van der Waals surface area (Å²) in [5.74, 6) is 0.327. The summed E-state index contributed by atoms with van der Waals surface area (Å²) in [7, 11) is 0. The van der Waals surface area contributed by atoms with Gasteiger partial charge in [-0.2, -0.15) is 5.10 Å². The summed E-state index contributed by atoms with van der Waals surface area (Å²) in [6.45, 7) is 7.78. The maximum absolute atomic E-state index is 5.99. The molecule has 0 bridgehead atoms. The Balaban J connectivity index is 2.28. The monoisotopic (exact) mass is 335 g/mol. The van der Waals surface area contributed by atoms with Gasteiger partial charge in [-0.05, 0) is 55.2 Å². The number of aryl methyl sites for hydroxylation is 3. The Morgan fingerprint density at radius 1 is 1.25 bits per heavy atom. The van der Waals surface area contributed by atoms with Gasteiger partial charge in [0.2, 0.25) is 0 Å². The van der Waals surface area contributed by atoms with Crippen molar-refractivity contribution >= 4 is 15.9 Å². The Morgan fingerprint density at radius 3 is 2.45 bits per heavy atom. The van der Waals surface area contributed by atoms with Crippen LogP contribution in [0.2, 0.25) is 0 Å². The van der Waals surface area contributed by atoms with Crippen molar-refractivity contribution in [2.24, 2.45) is 5.73 Å². The van der Waals surface area contributed by atoms with Gasteiger partial charge in [-0.1, -0.05) is 29.8 Å². The molecule has 1 unspecified atom stereocenters. The lowest BCUT2D eigenvalue weighted by atomic mass is 9.93. The van der Waals surface area contributed by atoms with E-state index in [1.54, 1.807) is 0 Å². The number of nitrogens with zero attached hydrogens (tertiary/aromatic N) is 2. The zero-order chi connectivity index (χ0) is 14.7. The van der Waals surface area contributed by atoms with Gasteiger partial charge in [-0.3, -0.25) is 4.68 Å². The van der Waals surface area contributed by atoms with Gasteiger partial charge < -0.3 is 5.73 Å². The lowest BCUT2D eigenvalue weighted by Gasteiger charge is -2.16. The first-order chi connectivity index (χ1) is 9.56. The Morgan fingerprint density at radius 2 is 1.90 bits per heavy atom. The third kappa shape index (κ3) is 3.13. The number of nitrogens with two attached hydrogens (primary N) is 1. The Kier molecular flexibility index (Phi) is 5.00. The molecule has 1 atom stereocenters. The number of benzene rings is 1. The van der Waals surface area contributed by atoms with Crippen LogP contribution >= 0.6 is 15.9 Å². The SMILES string of the molecule is CCn1nc(C)c(Br)c1CC(CN)c1ccc(C)cc1. The second-order valence-electron chi connectivity index (χ2n) is 5.21. The standard InChI is InChI=1S/C16H22BrN3/c1-4-20-15(16(17)12(3)19-20)9-14(10-18)13-7-5-11(2)6-8-13/h5-8,14H,4,9-10,18H2,1-3H3. The highest BCUT2D eigenvalue weighted by Crippen LogP contribution is 2.27. The fourth-order valence-electron chi connectivity index (χ4n) is 2.47. The fraction of sp³-hybridized carbons (Fsp3) is 0.438. The van der Waals surface area contributed by atoms with Crippen molar-refractivity contribution in [2.45, 2.75) is 39.7 Å². The summed E-state index contributed by atoms with van der Waals surface area (Å²) in [6, 6.07) is 8.66. The molecule has 0 aliphatic heterocycles. The van der Waals surface area contributed by atoms with Crippen LogP contribution in [-0.2, 0) is 13.0 Å². The van der Waals surface area contributed by atoms with E-state index in [2.05, 4.69) is 63.8 Å². The predicted octanol–water partition coefficient (Wildman–Crippen LogP) is 3.57. The van der Waals surface area contributed by atoms with Crippen LogP contribution in [0, 0.1) is 13.8 Å². The van der Waals surface area contributed by atoms with Gasteiger partial charge in [-0.15, -0.1) is 0 Å². The maximum Gasteiger partial charge on any atom is 0.0738 e. The van der Waals surface area contributed by atoms with E-state index < -0.39 is 0 Å². The second-order valence-corrected chi connectivity index (χ2v) is 6.00.